The van der Waals surface area contributed by atoms with E-state index < -0.39 is 0 Å². The van der Waals surface area contributed by atoms with E-state index in [-0.39, 0.29) is 0 Å². The van der Waals surface area contributed by atoms with Gasteiger partial charge in [0.2, 0.25) is 0 Å². The van der Waals surface area contributed by atoms with Gasteiger partial charge in [-0.1, -0.05) is 18.2 Å². The van der Waals surface area contributed by atoms with Crippen LogP contribution in [0.1, 0.15) is 15.9 Å². The Bertz CT molecular complexity index is 374. The third-order valence-corrected chi connectivity index (χ3v) is 2.47. The lowest BCUT2D eigenvalue weighted by atomic mass is 10.1. The van der Waals surface area contributed by atoms with Crippen LogP contribution in [-0.2, 0) is 0 Å². The van der Waals surface area contributed by atoms with Crippen LogP contribution in [0.5, 0.6) is 0 Å². The highest BCUT2D eigenvalue weighted by atomic mass is 16.1. The lowest BCUT2D eigenvalue weighted by Crippen LogP contribution is -2.20. The van der Waals surface area contributed by atoms with Crippen molar-refractivity contribution in [2.75, 3.05) is 18.0 Å². The molecule has 1 aliphatic heterocycles. The molecular formula is C12H13NO. The first-order valence-corrected chi connectivity index (χ1v) is 4.77. The molecule has 2 rings (SSSR count). The molecule has 0 saturated heterocycles. The molecule has 1 aromatic rings. The summed E-state index contributed by atoms with van der Waals surface area (Å²) in [4.78, 5) is 13.0. The van der Waals surface area contributed by atoms with Gasteiger partial charge in [0.15, 0.2) is 6.29 Å². The SMILES string of the molecule is Cc1ccc(C=O)c(N2CC=CC2)c1. The van der Waals surface area contributed by atoms with Crippen LogP contribution >= 0.6 is 0 Å². The van der Waals surface area contributed by atoms with E-state index in [1.807, 2.05) is 19.1 Å². The molecule has 0 unspecified atom stereocenters. The standard InChI is InChI=1S/C12H13NO/c1-10-4-5-11(9-14)12(8-10)13-6-2-3-7-13/h2-5,8-9H,6-7H2,1H3. The highest BCUT2D eigenvalue weighted by Crippen LogP contribution is 2.22. The maximum absolute atomic E-state index is 10.8. The first kappa shape index (κ1) is 9.00. The second kappa shape index (κ2) is 3.66. The molecule has 14 heavy (non-hydrogen) atoms. The van der Waals surface area contributed by atoms with Crippen molar-refractivity contribution < 1.29 is 4.79 Å². The minimum Gasteiger partial charge on any atom is -0.363 e. The van der Waals surface area contributed by atoms with Gasteiger partial charge in [0, 0.05) is 24.3 Å². The fraction of sp³-hybridized carbons (Fsp3) is 0.250. The van der Waals surface area contributed by atoms with Crippen molar-refractivity contribution in [3.05, 3.63) is 41.5 Å². The molecule has 0 saturated carbocycles. The summed E-state index contributed by atoms with van der Waals surface area (Å²) in [5.41, 5.74) is 3.02. The number of aldehydes is 1. The van der Waals surface area contributed by atoms with Gasteiger partial charge >= 0.3 is 0 Å². The normalized spacial score (nSPS) is 14.8. The van der Waals surface area contributed by atoms with E-state index in [1.165, 1.54) is 5.56 Å². The van der Waals surface area contributed by atoms with Gasteiger partial charge in [0.25, 0.3) is 0 Å². The maximum atomic E-state index is 10.8. The highest BCUT2D eigenvalue weighted by Gasteiger charge is 2.11. The number of carbonyl (C=O) groups excluding carboxylic acids is 1. The van der Waals surface area contributed by atoms with Gasteiger partial charge in [-0.15, -0.1) is 0 Å². The van der Waals surface area contributed by atoms with E-state index >= 15 is 0 Å². The smallest absolute Gasteiger partial charge is 0.152 e. The Kier molecular flexibility index (Phi) is 2.35. The Hall–Kier alpha value is -1.57. The fourth-order valence-corrected chi connectivity index (χ4v) is 1.70. The molecule has 0 spiro atoms. The third-order valence-electron chi connectivity index (χ3n) is 2.47. The predicted molar refractivity (Wildman–Crippen MR) is 57.9 cm³/mol. The van der Waals surface area contributed by atoms with Gasteiger partial charge < -0.3 is 4.90 Å². The average molecular weight is 187 g/mol. The van der Waals surface area contributed by atoms with E-state index in [0.29, 0.717) is 0 Å². The van der Waals surface area contributed by atoms with E-state index in [1.54, 1.807) is 0 Å². The Labute approximate surface area is 83.8 Å². The zero-order valence-corrected chi connectivity index (χ0v) is 8.23. The average Bonchev–Trinajstić information content (AvgIpc) is 2.70. The summed E-state index contributed by atoms with van der Waals surface area (Å²) in [7, 11) is 0. The molecule has 0 N–H and O–H groups in total. The Morgan fingerprint density at radius 1 is 1.29 bits per heavy atom. The summed E-state index contributed by atoms with van der Waals surface area (Å²) < 4.78 is 0. The number of benzene rings is 1. The van der Waals surface area contributed by atoms with Gasteiger partial charge in [0.1, 0.15) is 0 Å². The Balaban J connectivity index is 2.38. The van der Waals surface area contributed by atoms with Gasteiger partial charge in [-0.25, -0.2) is 0 Å². The van der Waals surface area contributed by atoms with Gasteiger partial charge in [-0.3, -0.25) is 4.79 Å². The summed E-state index contributed by atoms with van der Waals surface area (Å²) in [5.74, 6) is 0. The summed E-state index contributed by atoms with van der Waals surface area (Å²) in [5, 5.41) is 0. The van der Waals surface area contributed by atoms with Gasteiger partial charge in [-0.05, 0) is 24.6 Å². The quantitative estimate of drug-likeness (QED) is 0.522. The van der Waals surface area contributed by atoms with E-state index in [2.05, 4.69) is 23.1 Å². The van der Waals surface area contributed by atoms with Crippen molar-refractivity contribution in [2.24, 2.45) is 0 Å². The Morgan fingerprint density at radius 3 is 2.64 bits per heavy atom. The predicted octanol–water partition coefficient (Wildman–Crippen LogP) is 2.18. The fourth-order valence-electron chi connectivity index (χ4n) is 1.70. The highest BCUT2D eigenvalue weighted by molar-refractivity contribution is 5.85. The van der Waals surface area contributed by atoms with Crippen LogP contribution in [0.4, 0.5) is 5.69 Å². The number of hydrogen-bond acceptors (Lipinski definition) is 2. The van der Waals surface area contributed by atoms with E-state index in [4.69, 9.17) is 0 Å². The molecule has 0 radical (unpaired) electrons. The topological polar surface area (TPSA) is 20.3 Å². The first-order valence-electron chi connectivity index (χ1n) is 4.77. The zero-order chi connectivity index (χ0) is 9.97. The number of aryl methyl sites for hydroxylation is 1. The second-order valence-electron chi connectivity index (χ2n) is 3.56. The van der Waals surface area contributed by atoms with Crippen LogP contribution in [0.2, 0.25) is 0 Å². The van der Waals surface area contributed by atoms with Gasteiger partial charge in [-0.2, -0.15) is 0 Å². The van der Waals surface area contributed by atoms with Crippen LogP contribution in [0.3, 0.4) is 0 Å². The summed E-state index contributed by atoms with van der Waals surface area (Å²) >= 11 is 0. The maximum Gasteiger partial charge on any atom is 0.152 e. The summed E-state index contributed by atoms with van der Waals surface area (Å²) in [6, 6.07) is 5.92. The number of carbonyl (C=O) groups is 1. The second-order valence-corrected chi connectivity index (χ2v) is 3.56. The molecule has 2 heteroatoms. The van der Waals surface area contributed by atoms with E-state index in [9.17, 15) is 4.79 Å². The molecule has 1 aromatic carbocycles. The lowest BCUT2D eigenvalue weighted by Gasteiger charge is -2.19. The monoisotopic (exact) mass is 187 g/mol. The lowest BCUT2D eigenvalue weighted by molar-refractivity contribution is 0.112. The van der Waals surface area contributed by atoms with Crippen molar-refractivity contribution in [2.45, 2.75) is 6.92 Å². The largest absolute Gasteiger partial charge is 0.363 e. The molecule has 1 heterocycles. The van der Waals surface area contributed by atoms with Crippen molar-refractivity contribution >= 4 is 12.0 Å². The molecular weight excluding hydrogens is 174 g/mol. The van der Waals surface area contributed by atoms with Crippen molar-refractivity contribution in [3.8, 4) is 0 Å². The molecule has 0 amide bonds. The van der Waals surface area contributed by atoms with Crippen molar-refractivity contribution in [1.82, 2.24) is 0 Å². The molecule has 0 aliphatic carbocycles. The first-order chi connectivity index (χ1) is 6.81. The molecule has 0 fully saturated rings. The van der Waals surface area contributed by atoms with Crippen LogP contribution in [0, 0.1) is 6.92 Å². The number of rotatable bonds is 2. The number of nitrogens with zero attached hydrogens (tertiary/aromatic N) is 1. The van der Waals surface area contributed by atoms with Crippen LogP contribution in [0.15, 0.2) is 30.4 Å². The number of anilines is 1. The van der Waals surface area contributed by atoms with Crippen LogP contribution < -0.4 is 4.90 Å². The van der Waals surface area contributed by atoms with Crippen molar-refractivity contribution in [1.29, 1.82) is 0 Å². The molecule has 0 aromatic heterocycles. The van der Waals surface area contributed by atoms with Crippen molar-refractivity contribution in [3.63, 3.8) is 0 Å². The molecule has 0 bridgehead atoms. The summed E-state index contributed by atoms with van der Waals surface area (Å²) in [6.07, 6.45) is 5.17. The molecule has 72 valence electrons. The minimum atomic E-state index is 0.777. The van der Waals surface area contributed by atoms with Crippen LogP contribution in [0.25, 0.3) is 0 Å². The molecule has 1 aliphatic rings. The van der Waals surface area contributed by atoms with E-state index in [0.717, 1.165) is 30.6 Å². The number of hydrogen-bond donors (Lipinski definition) is 0. The molecule has 0 atom stereocenters. The minimum absolute atomic E-state index is 0.777. The summed E-state index contributed by atoms with van der Waals surface area (Å²) in [6.45, 7) is 3.86. The zero-order valence-electron chi connectivity index (χ0n) is 8.23. The molecule has 2 nitrogen and oxygen atoms in total. The van der Waals surface area contributed by atoms with Crippen LogP contribution in [-0.4, -0.2) is 19.4 Å². The third kappa shape index (κ3) is 1.55. The Morgan fingerprint density at radius 2 is 2.00 bits per heavy atom. The van der Waals surface area contributed by atoms with Gasteiger partial charge in [0.05, 0.1) is 0 Å².